The maximum Gasteiger partial charge on any atom is 0.238 e. The first-order valence-corrected chi connectivity index (χ1v) is 9.76. The number of anilines is 1. The summed E-state index contributed by atoms with van der Waals surface area (Å²) in [4.78, 5) is 12.6. The van der Waals surface area contributed by atoms with E-state index in [1.165, 1.54) is 28.6 Å². The lowest BCUT2D eigenvalue weighted by molar-refractivity contribution is -0.115. The van der Waals surface area contributed by atoms with Gasteiger partial charge in [-0.1, -0.05) is 30.8 Å². The number of rotatable bonds is 7. The lowest BCUT2D eigenvalue weighted by Crippen LogP contribution is -2.25. The third-order valence-electron chi connectivity index (χ3n) is 4.33. The average Bonchev–Trinajstić information content (AvgIpc) is 3.28. The molecule has 0 bridgehead atoms. The number of carbonyl (C=O) groups is 1. The van der Waals surface area contributed by atoms with Crippen molar-refractivity contribution in [3.05, 3.63) is 42.3 Å². The number of nitrogen functional groups attached to an aromatic ring is 1. The highest BCUT2D eigenvalue weighted by molar-refractivity contribution is 8.00. The van der Waals surface area contributed by atoms with Crippen molar-refractivity contribution < 1.29 is 9.18 Å². The van der Waals surface area contributed by atoms with E-state index < -0.39 is 5.25 Å². The van der Waals surface area contributed by atoms with E-state index >= 15 is 0 Å². The molecular formula is C18H22FN7OS. The first kappa shape index (κ1) is 19.9. The highest BCUT2D eigenvalue weighted by Crippen LogP contribution is 2.26. The molecule has 2 aromatic heterocycles. The summed E-state index contributed by atoms with van der Waals surface area (Å²) in [5, 5.41) is 15.1. The summed E-state index contributed by atoms with van der Waals surface area (Å²) in [7, 11) is 0. The van der Waals surface area contributed by atoms with Gasteiger partial charge in [-0.3, -0.25) is 4.79 Å². The Bertz CT molecular complexity index is 971. The van der Waals surface area contributed by atoms with Gasteiger partial charge in [0.2, 0.25) is 11.1 Å². The van der Waals surface area contributed by atoms with Crippen LogP contribution < -0.4 is 11.2 Å². The fraction of sp³-hybridized carbons (Fsp3) is 0.333. The summed E-state index contributed by atoms with van der Waals surface area (Å²) in [6.45, 7) is 5.84. The second-order valence-corrected chi connectivity index (χ2v) is 7.66. The van der Waals surface area contributed by atoms with Crippen LogP contribution in [-0.4, -0.2) is 35.8 Å². The minimum Gasteiger partial charge on any atom is -0.335 e. The van der Waals surface area contributed by atoms with Crippen LogP contribution in [-0.2, 0) is 4.79 Å². The SMILES string of the molecule is CC[C@H](C)n1nccc1NC(=O)[C@H](C)Sc1nnc(-c2cccc(F)c2)n1N. The monoisotopic (exact) mass is 403 g/mol. The Balaban J connectivity index is 1.71. The normalized spacial score (nSPS) is 13.3. The molecule has 0 unspecified atom stereocenters. The van der Waals surface area contributed by atoms with Gasteiger partial charge >= 0.3 is 0 Å². The van der Waals surface area contributed by atoms with E-state index in [0.717, 1.165) is 6.42 Å². The summed E-state index contributed by atoms with van der Waals surface area (Å²) >= 11 is 1.17. The van der Waals surface area contributed by atoms with Crippen molar-refractivity contribution in [2.24, 2.45) is 0 Å². The smallest absolute Gasteiger partial charge is 0.238 e. The predicted molar refractivity (Wildman–Crippen MR) is 107 cm³/mol. The molecule has 0 fully saturated rings. The molecule has 2 atom stereocenters. The second-order valence-electron chi connectivity index (χ2n) is 6.35. The zero-order valence-electron chi connectivity index (χ0n) is 15.8. The number of halogens is 1. The largest absolute Gasteiger partial charge is 0.335 e. The molecule has 148 valence electrons. The zero-order chi connectivity index (χ0) is 20.3. The van der Waals surface area contributed by atoms with Crippen LogP contribution in [0.3, 0.4) is 0 Å². The van der Waals surface area contributed by atoms with Crippen molar-refractivity contribution in [2.75, 3.05) is 11.2 Å². The summed E-state index contributed by atoms with van der Waals surface area (Å²) in [5.74, 6) is 6.43. The number of thioether (sulfide) groups is 1. The molecule has 8 nitrogen and oxygen atoms in total. The van der Waals surface area contributed by atoms with Crippen molar-refractivity contribution in [2.45, 2.75) is 43.6 Å². The second kappa shape index (κ2) is 8.42. The number of hydrogen-bond donors (Lipinski definition) is 2. The number of nitrogens with zero attached hydrogens (tertiary/aromatic N) is 5. The van der Waals surface area contributed by atoms with E-state index in [4.69, 9.17) is 5.84 Å². The minimum atomic E-state index is -0.479. The van der Waals surface area contributed by atoms with E-state index in [1.54, 1.807) is 36.0 Å². The van der Waals surface area contributed by atoms with Crippen molar-refractivity contribution in [1.29, 1.82) is 0 Å². The zero-order valence-corrected chi connectivity index (χ0v) is 16.7. The van der Waals surface area contributed by atoms with Crippen LogP contribution in [0.5, 0.6) is 0 Å². The van der Waals surface area contributed by atoms with E-state index in [-0.39, 0.29) is 17.8 Å². The van der Waals surface area contributed by atoms with Crippen LogP contribution in [0.2, 0.25) is 0 Å². The maximum absolute atomic E-state index is 13.4. The van der Waals surface area contributed by atoms with Crippen LogP contribution in [0, 0.1) is 5.82 Å². The van der Waals surface area contributed by atoms with Crippen LogP contribution >= 0.6 is 11.8 Å². The third kappa shape index (κ3) is 4.16. The van der Waals surface area contributed by atoms with E-state index in [0.29, 0.717) is 22.4 Å². The fourth-order valence-electron chi connectivity index (χ4n) is 2.56. The predicted octanol–water partition coefficient (Wildman–Crippen LogP) is 3.08. The topological polar surface area (TPSA) is 104 Å². The van der Waals surface area contributed by atoms with Crippen molar-refractivity contribution in [3.63, 3.8) is 0 Å². The summed E-state index contributed by atoms with van der Waals surface area (Å²) < 4.78 is 16.5. The van der Waals surface area contributed by atoms with Crippen LogP contribution in [0.15, 0.2) is 41.7 Å². The molecule has 3 N–H and O–H groups in total. The van der Waals surface area contributed by atoms with E-state index in [2.05, 4.69) is 27.5 Å². The molecule has 10 heteroatoms. The quantitative estimate of drug-likeness (QED) is 0.464. The number of carbonyl (C=O) groups excluding carboxylic acids is 1. The molecule has 0 aliphatic heterocycles. The molecule has 0 aliphatic rings. The van der Waals surface area contributed by atoms with Gasteiger partial charge in [0, 0.05) is 11.6 Å². The van der Waals surface area contributed by atoms with Crippen LogP contribution in [0.25, 0.3) is 11.4 Å². The number of benzene rings is 1. The molecule has 2 heterocycles. The van der Waals surface area contributed by atoms with Gasteiger partial charge in [0.05, 0.1) is 17.5 Å². The molecule has 3 aromatic rings. The molecule has 28 heavy (non-hydrogen) atoms. The Morgan fingerprint density at radius 1 is 1.32 bits per heavy atom. The molecule has 0 saturated heterocycles. The molecule has 0 saturated carbocycles. The number of nitrogens with two attached hydrogens (primary N) is 1. The fourth-order valence-corrected chi connectivity index (χ4v) is 3.33. The lowest BCUT2D eigenvalue weighted by Gasteiger charge is -2.16. The van der Waals surface area contributed by atoms with Crippen molar-refractivity contribution in [1.82, 2.24) is 24.7 Å². The van der Waals surface area contributed by atoms with Gasteiger partial charge in [-0.25, -0.2) is 13.7 Å². The standard InChI is InChI=1S/C18H22FN7OS/c1-4-11(2)26-15(8-9-21-26)22-17(27)12(3)28-18-24-23-16(25(18)20)13-6-5-7-14(19)10-13/h5-12H,4,20H2,1-3H3,(H,22,27)/t11-,12-/m0/s1. The molecule has 1 aromatic carbocycles. The van der Waals surface area contributed by atoms with Gasteiger partial charge in [0.15, 0.2) is 5.82 Å². The molecule has 3 rings (SSSR count). The summed E-state index contributed by atoms with van der Waals surface area (Å²) in [5.41, 5.74) is 0.511. The van der Waals surface area contributed by atoms with Gasteiger partial charge in [0.25, 0.3) is 0 Å². The van der Waals surface area contributed by atoms with Gasteiger partial charge in [-0.15, -0.1) is 10.2 Å². The molecule has 0 spiro atoms. The van der Waals surface area contributed by atoms with Crippen molar-refractivity contribution in [3.8, 4) is 11.4 Å². The Labute approximate surface area is 166 Å². The van der Waals surface area contributed by atoms with Gasteiger partial charge in [0.1, 0.15) is 11.6 Å². The molecule has 1 amide bonds. The van der Waals surface area contributed by atoms with E-state index in [9.17, 15) is 9.18 Å². The molecule has 0 radical (unpaired) electrons. The molecular weight excluding hydrogens is 381 g/mol. The van der Waals surface area contributed by atoms with Gasteiger partial charge in [-0.2, -0.15) is 5.10 Å². The minimum absolute atomic E-state index is 0.175. The Morgan fingerprint density at radius 2 is 2.11 bits per heavy atom. The first-order valence-electron chi connectivity index (χ1n) is 8.88. The Morgan fingerprint density at radius 3 is 2.82 bits per heavy atom. The van der Waals surface area contributed by atoms with Crippen LogP contribution in [0.4, 0.5) is 10.2 Å². The van der Waals surface area contributed by atoms with Crippen LogP contribution in [0.1, 0.15) is 33.2 Å². The number of nitrogens with one attached hydrogen (secondary N) is 1. The number of aromatic nitrogens is 5. The summed E-state index contributed by atoms with van der Waals surface area (Å²) in [6.07, 6.45) is 2.55. The first-order chi connectivity index (χ1) is 13.4. The number of amides is 1. The van der Waals surface area contributed by atoms with Crippen molar-refractivity contribution >= 4 is 23.5 Å². The van der Waals surface area contributed by atoms with E-state index in [1.807, 2.05) is 6.92 Å². The number of hydrogen-bond acceptors (Lipinski definition) is 6. The van der Waals surface area contributed by atoms with Gasteiger partial charge < -0.3 is 11.2 Å². The Hall–Kier alpha value is -2.88. The highest BCUT2D eigenvalue weighted by Gasteiger charge is 2.21. The van der Waals surface area contributed by atoms with Gasteiger partial charge in [-0.05, 0) is 32.4 Å². The molecule has 0 aliphatic carbocycles. The average molecular weight is 403 g/mol. The summed E-state index contributed by atoms with van der Waals surface area (Å²) in [6, 6.07) is 7.87. The lowest BCUT2D eigenvalue weighted by atomic mass is 10.2. The third-order valence-corrected chi connectivity index (χ3v) is 5.39. The highest BCUT2D eigenvalue weighted by atomic mass is 32.2. The Kier molecular flexibility index (Phi) is 5.98. The maximum atomic E-state index is 13.4.